The van der Waals surface area contributed by atoms with Crippen molar-refractivity contribution in [3.05, 3.63) is 175 Å². The molecule has 0 saturated heterocycles. The zero-order chi connectivity index (χ0) is 26.8. The minimum atomic E-state index is -4.23. The highest BCUT2D eigenvalue weighted by Gasteiger charge is 2.44. The predicted molar refractivity (Wildman–Crippen MR) is 156 cm³/mol. The highest BCUT2D eigenvalue weighted by Crippen LogP contribution is 2.54. The first kappa shape index (κ1) is 26.5. The van der Waals surface area contributed by atoms with Crippen molar-refractivity contribution in [3.8, 4) is 11.5 Å². The van der Waals surface area contributed by atoms with Crippen LogP contribution in [0.25, 0.3) is 0 Å². The van der Waals surface area contributed by atoms with Gasteiger partial charge >= 0.3 is 7.82 Å². The van der Waals surface area contributed by atoms with E-state index in [1.807, 2.05) is 134 Å². The summed E-state index contributed by atoms with van der Waals surface area (Å²) in [4.78, 5) is 0. The average molecular weight is 534 g/mol. The second-order valence-corrected chi connectivity index (χ2v) is 10.7. The maximum atomic E-state index is 14.7. The third kappa shape index (κ3) is 7.70. The molecule has 5 rings (SSSR count). The molecule has 39 heavy (non-hydrogen) atoms. The van der Waals surface area contributed by atoms with E-state index < -0.39 is 13.4 Å². The standard InChI is InChI=1S/C34H30O4P/c35-39(36-32-22-12-4-13-23-32,37-33-24-14-5-15-25-33)38-34(26-29-16-6-1-7-17-29,27-30-18-8-2-9-19-30)28-31-20-10-3-11-21-31/h1-26H,27-28H2. The lowest BCUT2D eigenvalue weighted by atomic mass is 9.83. The van der Waals surface area contributed by atoms with Crippen LogP contribution in [0.5, 0.6) is 11.5 Å². The lowest BCUT2D eigenvalue weighted by molar-refractivity contribution is 0.0698. The summed E-state index contributed by atoms with van der Waals surface area (Å²) in [5, 5.41) is 0. The Hall–Kier alpha value is -4.11. The average Bonchev–Trinajstić information content (AvgIpc) is 2.95. The molecule has 4 nitrogen and oxygen atoms in total. The third-order valence-electron chi connectivity index (χ3n) is 6.14. The van der Waals surface area contributed by atoms with Gasteiger partial charge in [-0.2, -0.15) is 0 Å². The summed E-state index contributed by atoms with van der Waals surface area (Å²) in [6.45, 7) is 0. The van der Waals surface area contributed by atoms with Crippen LogP contribution in [0.2, 0.25) is 0 Å². The molecule has 5 heteroatoms. The SMILES string of the molecule is O=P(Oc1ccccc1)(Oc1ccccc1)OC([CH]c1ccccc1)(Cc1ccccc1)Cc1ccccc1. The van der Waals surface area contributed by atoms with E-state index in [9.17, 15) is 4.57 Å². The molecule has 1 radical (unpaired) electrons. The van der Waals surface area contributed by atoms with Gasteiger partial charge in [0.15, 0.2) is 0 Å². The van der Waals surface area contributed by atoms with Crippen LogP contribution in [0.1, 0.15) is 16.7 Å². The molecule has 0 aliphatic rings. The molecule has 5 aromatic rings. The highest BCUT2D eigenvalue weighted by molar-refractivity contribution is 7.49. The lowest BCUT2D eigenvalue weighted by Gasteiger charge is -2.36. The Balaban J connectivity index is 1.61. The Kier molecular flexibility index (Phi) is 8.58. The number of phosphoric acid groups is 1. The van der Waals surface area contributed by atoms with Crippen molar-refractivity contribution in [2.45, 2.75) is 18.4 Å². The van der Waals surface area contributed by atoms with Crippen molar-refractivity contribution >= 4 is 7.82 Å². The molecule has 0 aliphatic heterocycles. The van der Waals surface area contributed by atoms with E-state index in [1.54, 1.807) is 24.3 Å². The van der Waals surface area contributed by atoms with Crippen molar-refractivity contribution in [3.63, 3.8) is 0 Å². The van der Waals surface area contributed by atoms with Gasteiger partial charge in [-0.1, -0.05) is 127 Å². The summed E-state index contributed by atoms with van der Waals surface area (Å²) in [5.74, 6) is 0.787. The molecule has 0 saturated carbocycles. The maximum Gasteiger partial charge on any atom is 0.588 e. The summed E-state index contributed by atoms with van der Waals surface area (Å²) >= 11 is 0. The molecule has 195 valence electrons. The third-order valence-corrected chi connectivity index (χ3v) is 7.59. The molecule has 0 unspecified atom stereocenters. The summed E-state index contributed by atoms with van der Waals surface area (Å²) in [7, 11) is -4.23. The summed E-state index contributed by atoms with van der Waals surface area (Å²) in [6.07, 6.45) is 2.91. The summed E-state index contributed by atoms with van der Waals surface area (Å²) in [5.41, 5.74) is 1.93. The van der Waals surface area contributed by atoms with Gasteiger partial charge < -0.3 is 9.05 Å². The van der Waals surface area contributed by atoms with Crippen LogP contribution in [-0.2, 0) is 21.9 Å². The van der Waals surface area contributed by atoms with Crippen molar-refractivity contribution < 1.29 is 18.1 Å². The molecule has 5 aromatic carbocycles. The predicted octanol–water partition coefficient (Wildman–Crippen LogP) is 8.75. The second-order valence-electron chi connectivity index (χ2n) is 9.29. The molecule has 0 amide bonds. The van der Waals surface area contributed by atoms with Gasteiger partial charge in [-0.15, -0.1) is 0 Å². The van der Waals surface area contributed by atoms with Gasteiger partial charge in [0.2, 0.25) is 0 Å². The van der Waals surface area contributed by atoms with Gasteiger partial charge in [-0.25, -0.2) is 4.57 Å². The molecule has 0 N–H and O–H groups in total. The fourth-order valence-corrected chi connectivity index (χ4v) is 5.99. The molecular formula is C34H30O4P. The van der Waals surface area contributed by atoms with E-state index in [0.717, 1.165) is 16.7 Å². The fraction of sp³-hybridized carbons (Fsp3) is 0.0882. The zero-order valence-electron chi connectivity index (χ0n) is 21.5. The monoisotopic (exact) mass is 533 g/mol. The van der Waals surface area contributed by atoms with Crippen LogP contribution in [-0.4, -0.2) is 5.60 Å². The van der Waals surface area contributed by atoms with E-state index in [4.69, 9.17) is 13.6 Å². The molecule has 0 aliphatic carbocycles. The quantitative estimate of drug-likeness (QED) is 0.150. The van der Waals surface area contributed by atoms with Crippen LogP contribution in [0, 0.1) is 6.42 Å². The minimum absolute atomic E-state index is 0.393. The molecule has 0 atom stereocenters. The molecule has 0 aromatic heterocycles. The highest BCUT2D eigenvalue weighted by atomic mass is 31.2. The van der Waals surface area contributed by atoms with E-state index >= 15 is 0 Å². The van der Waals surface area contributed by atoms with E-state index in [1.165, 1.54) is 0 Å². The van der Waals surface area contributed by atoms with Crippen molar-refractivity contribution in [1.29, 1.82) is 0 Å². The van der Waals surface area contributed by atoms with Gasteiger partial charge in [0, 0.05) is 19.3 Å². The normalized spacial score (nSPS) is 11.6. The Morgan fingerprint density at radius 3 is 1.28 bits per heavy atom. The maximum absolute atomic E-state index is 14.7. The topological polar surface area (TPSA) is 44.8 Å². The van der Waals surface area contributed by atoms with Gasteiger partial charge in [0.25, 0.3) is 0 Å². The smallest absolute Gasteiger partial charge is 0.395 e. The first-order valence-corrected chi connectivity index (χ1v) is 14.3. The molecule has 0 fully saturated rings. The minimum Gasteiger partial charge on any atom is -0.395 e. The first-order valence-electron chi connectivity index (χ1n) is 12.9. The van der Waals surface area contributed by atoms with Crippen molar-refractivity contribution in [2.75, 3.05) is 0 Å². The number of hydrogen-bond donors (Lipinski definition) is 0. The molecular weight excluding hydrogens is 503 g/mol. The van der Waals surface area contributed by atoms with E-state index in [2.05, 4.69) is 0 Å². The lowest BCUT2D eigenvalue weighted by Crippen LogP contribution is -2.39. The Labute approximate surface area is 230 Å². The van der Waals surface area contributed by atoms with Crippen molar-refractivity contribution in [1.82, 2.24) is 0 Å². The number of hydrogen-bond acceptors (Lipinski definition) is 4. The number of rotatable bonds is 12. The second kappa shape index (κ2) is 12.6. The summed E-state index contributed by atoms with van der Waals surface area (Å²) < 4.78 is 33.5. The van der Waals surface area contributed by atoms with Crippen LogP contribution in [0.15, 0.2) is 152 Å². The van der Waals surface area contributed by atoms with Crippen LogP contribution in [0.4, 0.5) is 0 Å². The Bertz CT molecular complexity index is 1310. The number of benzene rings is 5. The van der Waals surface area contributed by atoms with Crippen LogP contribution in [0.3, 0.4) is 0 Å². The number of para-hydroxylation sites is 2. The van der Waals surface area contributed by atoms with Crippen LogP contribution < -0.4 is 9.05 Å². The number of phosphoric ester groups is 1. The van der Waals surface area contributed by atoms with E-state index in [0.29, 0.717) is 24.3 Å². The first-order chi connectivity index (χ1) is 19.1. The van der Waals surface area contributed by atoms with Gasteiger partial charge in [-0.3, -0.25) is 4.52 Å². The summed E-state index contributed by atoms with van der Waals surface area (Å²) in [6, 6.07) is 48.0. The fourth-order valence-electron chi connectivity index (χ4n) is 4.49. The van der Waals surface area contributed by atoms with E-state index in [-0.39, 0.29) is 0 Å². The Morgan fingerprint density at radius 1 is 0.513 bits per heavy atom. The van der Waals surface area contributed by atoms with Crippen molar-refractivity contribution in [2.24, 2.45) is 0 Å². The van der Waals surface area contributed by atoms with Gasteiger partial charge in [0.05, 0.1) is 5.60 Å². The Morgan fingerprint density at radius 2 is 0.872 bits per heavy atom. The molecule has 0 spiro atoms. The van der Waals surface area contributed by atoms with Gasteiger partial charge in [-0.05, 0) is 41.0 Å². The molecule has 0 heterocycles. The van der Waals surface area contributed by atoms with Crippen LogP contribution >= 0.6 is 7.82 Å². The van der Waals surface area contributed by atoms with Gasteiger partial charge in [0.1, 0.15) is 11.5 Å². The largest absolute Gasteiger partial charge is 0.588 e. The molecule has 0 bridgehead atoms. The zero-order valence-corrected chi connectivity index (χ0v) is 22.4.